The van der Waals surface area contributed by atoms with Crippen LogP contribution in [0.25, 0.3) is 0 Å². The molecule has 0 radical (unpaired) electrons. The Morgan fingerprint density at radius 3 is 2.45 bits per heavy atom. The van der Waals surface area contributed by atoms with Crippen LogP contribution in [0.4, 0.5) is 13.2 Å². The fourth-order valence-corrected chi connectivity index (χ4v) is 2.06. The molecule has 1 aliphatic heterocycles. The van der Waals surface area contributed by atoms with E-state index in [0.29, 0.717) is 12.3 Å². The lowest BCUT2D eigenvalue weighted by molar-refractivity contribution is -0.141. The summed E-state index contributed by atoms with van der Waals surface area (Å²) in [5, 5.41) is 0. The molecule has 0 bridgehead atoms. The first-order chi connectivity index (χ1) is 9.41. The number of alkyl halides is 3. The summed E-state index contributed by atoms with van der Waals surface area (Å²) in [4.78, 5) is 13.0. The predicted octanol–water partition coefficient (Wildman–Crippen LogP) is 2.92. The molecule has 0 spiro atoms. The van der Waals surface area contributed by atoms with Crippen molar-refractivity contribution in [1.29, 1.82) is 0 Å². The molecule has 1 aromatic rings. The number of amides is 1. The second-order valence-corrected chi connectivity index (χ2v) is 4.48. The summed E-state index contributed by atoms with van der Waals surface area (Å²) in [6.07, 6.45) is -3.40. The standard InChI is InChI=1S/C14H14F3NO2/c1-20-11-6-4-10(5-7-11)9-18-8-2-3-12(13(18)19)14(15,16)17/h3-7H,2,8-9H2,1H3. The van der Waals surface area contributed by atoms with Crippen molar-refractivity contribution in [2.24, 2.45) is 0 Å². The number of benzene rings is 1. The van der Waals surface area contributed by atoms with Gasteiger partial charge < -0.3 is 9.64 Å². The molecular formula is C14H14F3NO2. The second-order valence-electron chi connectivity index (χ2n) is 4.48. The molecule has 1 aliphatic rings. The van der Waals surface area contributed by atoms with E-state index in [2.05, 4.69) is 0 Å². The highest BCUT2D eigenvalue weighted by atomic mass is 19.4. The van der Waals surface area contributed by atoms with Crippen molar-refractivity contribution in [3.63, 3.8) is 0 Å². The van der Waals surface area contributed by atoms with Gasteiger partial charge in [-0.3, -0.25) is 4.79 Å². The van der Waals surface area contributed by atoms with Crippen LogP contribution in [-0.4, -0.2) is 30.6 Å². The third kappa shape index (κ3) is 3.12. The molecule has 0 fully saturated rings. The molecule has 0 unspecified atom stereocenters. The Morgan fingerprint density at radius 2 is 1.90 bits per heavy atom. The topological polar surface area (TPSA) is 29.5 Å². The van der Waals surface area contributed by atoms with Crippen molar-refractivity contribution in [3.8, 4) is 5.75 Å². The highest BCUT2D eigenvalue weighted by Crippen LogP contribution is 2.30. The summed E-state index contributed by atoms with van der Waals surface area (Å²) in [5.41, 5.74) is -0.306. The summed E-state index contributed by atoms with van der Waals surface area (Å²) in [5.74, 6) is -0.297. The fourth-order valence-electron chi connectivity index (χ4n) is 2.06. The number of carbonyl (C=O) groups excluding carboxylic acids is 1. The van der Waals surface area contributed by atoms with E-state index in [1.165, 1.54) is 12.0 Å². The molecule has 0 aromatic heterocycles. The number of rotatable bonds is 3. The number of halogens is 3. The van der Waals surface area contributed by atoms with E-state index < -0.39 is 17.7 Å². The number of nitrogens with zero attached hydrogens (tertiary/aromatic N) is 1. The Labute approximate surface area is 114 Å². The van der Waals surface area contributed by atoms with Crippen molar-refractivity contribution in [1.82, 2.24) is 4.90 Å². The zero-order valence-electron chi connectivity index (χ0n) is 10.9. The number of hydrogen-bond acceptors (Lipinski definition) is 2. The molecule has 0 N–H and O–H groups in total. The lowest BCUT2D eigenvalue weighted by Crippen LogP contribution is -2.39. The molecule has 108 valence electrons. The second kappa shape index (κ2) is 5.56. The molecule has 0 saturated heterocycles. The van der Waals surface area contributed by atoms with Crippen molar-refractivity contribution in [2.45, 2.75) is 19.1 Å². The van der Waals surface area contributed by atoms with Crippen molar-refractivity contribution in [2.75, 3.05) is 13.7 Å². The van der Waals surface area contributed by atoms with E-state index in [1.54, 1.807) is 24.3 Å². The third-order valence-electron chi connectivity index (χ3n) is 3.10. The normalized spacial score (nSPS) is 16.1. The zero-order chi connectivity index (χ0) is 14.8. The van der Waals surface area contributed by atoms with Gasteiger partial charge in [0.1, 0.15) is 11.3 Å². The van der Waals surface area contributed by atoms with Crippen LogP contribution >= 0.6 is 0 Å². The first-order valence-electron chi connectivity index (χ1n) is 6.11. The largest absolute Gasteiger partial charge is 0.497 e. The lowest BCUT2D eigenvalue weighted by atomic mass is 10.1. The molecular weight excluding hydrogens is 271 g/mol. The minimum Gasteiger partial charge on any atom is -0.497 e. The van der Waals surface area contributed by atoms with Crippen LogP contribution in [0.5, 0.6) is 5.75 Å². The lowest BCUT2D eigenvalue weighted by Gasteiger charge is -2.28. The molecule has 0 saturated carbocycles. The number of ether oxygens (including phenoxy) is 1. The SMILES string of the molecule is COc1ccc(CN2CCC=C(C(F)(F)F)C2=O)cc1. The Morgan fingerprint density at radius 1 is 1.25 bits per heavy atom. The number of carbonyl (C=O) groups is 1. The monoisotopic (exact) mass is 285 g/mol. The molecule has 3 nitrogen and oxygen atoms in total. The van der Waals surface area contributed by atoms with Crippen LogP contribution in [0.15, 0.2) is 35.9 Å². The molecule has 2 rings (SSSR count). The molecule has 1 amide bonds. The van der Waals surface area contributed by atoms with Crippen molar-refractivity contribution >= 4 is 5.91 Å². The van der Waals surface area contributed by atoms with E-state index in [1.807, 2.05) is 0 Å². The molecule has 1 heterocycles. The zero-order valence-corrected chi connectivity index (χ0v) is 10.9. The highest BCUT2D eigenvalue weighted by Gasteiger charge is 2.41. The third-order valence-corrected chi connectivity index (χ3v) is 3.10. The van der Waals surface area contributed by atoms with E-state index >= 15 is 0 Å². The first kappa shape index (κ1) is 14.4. The number of hydrogen-bond donors (Lipinski definition) is 0. The van der Waals surface area contributed by atoms with Gasteiger partial charge in [-0.25, -0.2) is 0 Å². The van der Waals surface area contributed by atoms with Crippen LogP contribution in [0.1, 0.15) is 12.0 Å². The fraction of sp³-hybridized carbons (Fsp3) is 0.357. The summed E-state index contributed by atoms with van der Waals surface area (Å²) in [6.45, 7) is 0.459. The van der Waals surface area contributed by atoms with Crippen LogP contribution in [0.3, 0.4) is 0 Å². The highest BCUT2D eigenvalue weighted by molar-refractivity contribution is 5.95. The Balaban J connectivity index is 2.10. The summed E-state index contributed by atoms with van der Waals surface area (Å²) in [6, 6.07) is 6.89. The average Bonchev–Trinajstić information content (AvgIpc) is 2.40. The summed E-state index contributed by atoms with van der Waals surface area (Å²) >= 11 is 0. The summed E-state index contributed by atoms with van der Waals surface area (Å²) < 4.78 is 43.0. The van der Waals surface area contributed by atoms with Gasteiger partial charge in [-0.2, -0.15) is 13.2 Å². The molecule has 20 heavy (non-hydrogen) atoms. The Kier molecular flexibility index (Phi) is 4.01. The maximum absolute atomic E-state index is 12.7. The maximum atomic E-state index is 12.7. The quantitative estimate of drug-likeness (QED) is 0.854. The van der Waals surface area contributed by atoms with Crippen LogP contribution in [-0.2, 0) is 11.3 Å². The maximum Gasteiger partial charge on any atom is 0.421 e. The molecule has 6 heteroatoms. The average molecular weight is 285 g/mol. The van der Waals surface area contributed by atoms with Crippen LogP contribution in [0.2, 0.25) is 0 Å². The van der Waals surface area contributed by atoms with Gasteiger partial charge in [0.2, 0.25) is 0 Å². The molecule has 1 aromatic carbocycles. The van der Waals surface area contributed by atoms with Crippen LogP contribution in [0, 0.1) is 0 Å². The number of methoxy groups -OCH3 is 1. The van der Waals surface area contributed by atoms with Gasteiger partial charge in [-0.05, 0) is 24.1 Å². The Hall–Kier alpha value is -1.98. The van der Waals surface area contributed by atoms with E-state index in [0.717, 1.165) is 11.6 Å². The van der Waals surface area contributed by atoms with Gasteiger partial charge in [-0.15, -0.1) is 0 Å². The van der Waals surface area contributed by atoms with Crippen LogP contribution < -0.4 is 4.74 Å². The van der Waals surface area contributed by atoms with Gasteiger partial charge in [0, 0.05) is 13.1 Å². The first-order valence-corrected chi connectivity index (χ1v) is 6.11. The van der Waals surface area contributed by atoms with E-state index in [4.69, 9.17) is 4.74 Å². The van der Waals surface area contributed by atoms with Gasteiger partial charge >= 0.3 is 6.18 Å². The summed E-state index contributed by atoms with van der Waals surface area (Å²) in [7, 11) is 1.53. The van der Waals surface area contributed by atoms with Gasteiger partial charge in [0.05, 0.1) is 7.11 Å². The molecule has 0 aliphatic carbocycles. The van der Waals surface area contributed by atoms with Crippen molar-refractivity contribution in [3.05, 3.63) is 41.5 Å². The Bertz CT molecular complexity index is 520. The van der Waals surface area contributed by atoms with E-state index in [-0.39, 0.29) is 13.0 Å². The smallest absolute Gasteiger partial charge is 0.421 e. The van der Waals surface area contributed by atoms with Crippen molar-refractivity contribution < 1.29 is 22.7 Å². The minimum absolute atomic E-state index is 0.163. The molecule has 0 atom stereocenters. The van der Waals surface area contributed by atoms with Gasteiger partial charge in [-0.1, -0.05) is 18.2 Å². The minimum atomic E-state index is -4.59. The van der Waals surface area contributed by atoms with Gasteiger partial charge in [0.25, 0.3) is 5.91 Å². The predicted molar refractivity (Wildman–Crippen MR) is 67.2 cm³/mol. The van der Waals surface area contributed by atoms with Gasteiger partial charge in [0.15, 0.2) is 0 Å². The van der Waals surface area contributed by atoms with E-state index in [9.17, 15) is 18.0 Å².